The van der Waals surface area contributed by atoms with Gasteiger partial charge in [-0.3, -0.25) is 9.69 Å². The molecule has 0 radical (unpaired) electrons. The van der Waals surface area contributed by atoms with Crippen molar-refractivity contribution in [1.29, 1.82) is 0 Å². The minimum absolute atomic E-state index is 0.183. The summed E-state index contributed by atoms with van der Waals surface area (Å²) in [5.41, 5.74) is 2.99. The Kier molecular flexibility index (Phi) is 5.60. The van der Waals surface area contributed by atoms with Crippen LogP contribution in [-0.4, -0.2) is 31.0 Å². The van der Waals surface area contributed by atoms with Crippen LogP contribution in [0.2, 0.25) is 0 Å². The third kappa shape index (κ3) is 4.22. The molecule has 2 aliphatic heterocycles. The Labute approximate surface area is 189 Å². The van der Waals surface area contributed by atoms with Gasteiger partial charge in [-0.15, -0.1) is 11.8 Å². The van der Waals surface area contributed by atoms with Crippen LogP contribution < -0.4 is 25.0 Å². The molecule has 3 aromatic carbocycles. The molecule has 0 aliphatic carbocycles. The molecular formula is C24H21N3O4S. The smallest absolute Gasteiger partial charge is 0.326 e. The summed E-state index contributed by atoms with van der Waals surface area (Å²) in [7, 11) is 0. The first-order chi connectivity index (χ1) is 15.7. The average Bonchev–Trinajstić information content (AvgIpc) is 3.30. The van der Waals surface area contributed by atoms with Gasteiger partial charge in [0.25, 0.3) is 5.91 Å². The number of urea groups is 1. The number of hydrogen-bond acceptors (Lipinski definition) is 5. The van der Waals surface area contributed by atoms with Gasteiger partial charge in [-0.2, -0.15) is 0 Å². The summed E-state index contributed by atoms with van der Waals surface area (Å²) in [5, 5.41) is 5.82. The number of fused-ring (bicyclic) bond motifs is 2. The zero-order valence-electron chi connectivity index (χ0n) is 17.2. The van der Waals surface area contributed by atoms with Crippen molar-refractivity contribution in [2.45, 2.75) is 11.4 Å². The highest BCUT2D eigenvalue weighted by molar-refractivity contribution is 7.99. The molecule has 3 aromatic rings. The van der Waals surface area contributed by atoms with Crippen LogP contribution in [0.1, 0.15) is 15.9 Å². The highest BCUT2D eigenvalue weighted by atomic mass is 32.2. The molecule has 162 valence electrons. The zero-order chi connectivity index (χ0) is 21.9. The zero-order valence-corrected chi connectivity index (χ0v) is 18.0. The normalized spacial score (nSPS) is 13.9. The van der Waals surface area contributed by atoms with E-state index in [4.69, 9.17) is 9.47 Å². The largest absolute Gasteiger partial charge is 0.454 e. The first-order valence-electron chi connectivity index (χ1n) is 10.2. The number of carbonyl (C=O) groups excluding carboxylic acids is 2. The van der Waals surface area contributed by atoms with Crippen LogP contribution in [0, 0.1) is 0 Å². The van der Waals surface area contributed by atoms with Gasteiger partial charge >= 0.3 is 6.03 Å². The lowest BCUT2D eigenvalue weighted by atomic mass is 10.1. The van der Waals surface area contributed by atoms with Gasteiger partial charge < -0.3 is 20.1 Å². The van der Waals surface area contributed by atoms with Crippen LogP contribution in [0.4, 0.5) is 16.2 Å². The van der Waals surface area contributed by atoms with E-state index in [2.05, 4.69) is 10.6 Å². The van der Waals surface area contributed by atoms with Crippen molar-refractivity contribution in [3.8, 4) is 11.5 Å². The number of ether oxygens (including phenoxy) is 2. The summed E-state index contributed by atoms with van der Waals surface area (Å²) in [5.74, 6) is 2.06. The number of anilines is 2. The van der Waals surface area contributed by atoms with Gasteiger partial charge in [-0.1, -0.05) is 18.2 Å². The van der Waals surface area contributed by atoms with E-state index in [1.807, 2.05) is 42.5 Å². The molecule has 0 fully saturated rings. The molecule has 2 N–H and O–H groups in total. The van der Waals surface area contributed by atoms with Gasteiger partial charge in [0.15, 0.2) is 11.5 Å². The lowest BCUT2D eigenvalue weighted by Gasteiger charge is -2.29. The average molecular weight is 448 g/mol. The van der Waals surface area contributed by atoms with Crippen LogP contribution in [0.25, 0.3) is 0 Å². The van der Waals surface area contributed by atoms with E-state index in [-0.39, 0.29) is 18.7 Å². The maximum Gasteiger partial charge on any atom is 0.326 e. The number of nitrogens with zero attached hydrogens (tertiary/aromatic N) is 1. The SMILES string of the molecule is O=C(NCc1ccc2c(c1)OCO2)c1ccc(NC(=O)N2CCSc3ccccc32)cc1. The number of para-hydroxylation sites is 1. The van der Waals surface area contributed by atoms with Gasteiger partial charge in [-0.25, -0.2) is 4.79 Å². The molecule has 5 rings (SSSR count). The van der Waals surface area contributed by atoms with E-state index in [9.17, 15) is 9.59 Å². The Morgan fingerprint density at radius 2 is 1.78 bits per heavy atom. The molecule has 0 unspecified atom stereocenters. The summed E-state index contributed by atoms with van der Waals surface area (Å²) < 4.78 is 10.7. The van der Waals surface area contributed by atoms with Crippen molar-refractivity contribution in [3.63, 3.8) is 0 Å². The van der Waals surface area contributed by atoms with Gasteiger partial charge in [0.05, 0.1) is 5.69 Å². The van der Waals surface area contributed by atoms with Crippen LogP contribution >= 0.6 is 11.8 Å². The van der Waals surface area contributed by atoms with Crippen molar-refractivity contribution in [2.24, 2.45) is 0 Å². The molecule has 2 heterocycles. The minimum Gasteiger partial charge on any atom is -0.454 e. The predicted octanol–water partition coefficient (Wildman–Crippen LogP) is 4.49. The molecule has 8 heteroatoms. The Bertz CT molecular complexity index is 1170. The van der Waals surface area contributed by atoms with E-state index >= 15 is 0 Å². The van der Waals surface area contributed by atoms with Crippen LogP contribution in [-0.2, 0) is 6.54 Å². The van der Waals surface area contributed by atoms with Gasteiger partial charge in [0, 0.05) is 35.0 Å². The second-order valence-electron chi connectivity index (χ2n) is 7.35. The fourth-order valence-electron chi connectivity index (χ4n) is 3.61. The number of amides is 3. The minimum atomic E-state index is -0.192. The fourth-order valence-corrected chi connectivity index (χ4v) is 4.61. The number of rotatable bonds is 4. The van der Waals surface area contributed by atoms with Crippen LogP contribution in [0.15, 0.2) is 71.6 Å². The maximum atomic E-state index is 12.8. The quantitative estimate of drug-likeness (QED) is 0.616. The second kappa shape index (κ2) is 8.84. The van der Waals surface area contributed by atoms with E-state index in [1.54, 1.807) is 40.9 Å². The Morgan fingerprint density at radius 1 is 0.969 bits per heavy atom. The lowest BCUT2D eigenvalue weighted by Crippen LogP contribution is -2.38. The fraction of sp³-hybridized carbons (Fsp3) is 0.167. The summed E-state index contributed by atoms with van der Waals surface area (Å²) in [4.78, 5) is 28.1. The number of benzene rings is 3. The Morgan fingerprint density at radius 3 is 2.66 bits per heavy atom. The van der Waals surface area contributed by atoms with Gasteiger partial charge in [-0.05, 0) is 54.1 Å². The lowest BCUT2D eigenvalue weighted by molar-refractivity contribution is 0.0951. The number of hydrogen-bond donors (Lipinski definition) is 2. The van der Waals surface area contributed by atoms with Crippen molar-refractivity contribution in [2.75, 3.05) is 29.3 Å². The van der Waals surface area contributed by atoms with E-state index in [0.717, 1.165) is 21.9 Å². The Hall–Kier alpha value is -3.65. The number of nitrogens with one attached hydrogen (secondary N) is 2. The van der Waals surface area contributed by atoms with Crippen LogP contribution in [0.5, 0.6) is 11.5 Å². The molecular weight excluding hydrogens is 426 g/mol. The van der Waals surface area contributed by atoms with E-state index in [1.165, 1.54) is 0 Å². The molecule has 2 aliphatic rings. The first-order valence-corrected chi connectivity index (χ1v) is 11.2. The molecule has 0 aromatic heterocycles. The van der Waals surface area contributed by atoms with Crippen LogP contribution in [0.3, 0.4) is 0 Å². The monoisotopic (exact) mass is 447 g/mol. The Balaban J connectivity index is 1.19. The predicted molar refractivity (Wildman–Crippen MR) is 124 cm³/mol. The summed E-state index contributed by atoms with van der Waals surface area (Å²) in [6.45, 7) is 1.24. The topological polar surface area (TPSA) is 79.9 Å². The van der Waals surface area contributed by atoms with Crippen molar-refractivity contribution < 1.29 is 19.1 Å². The summed E-state index contributed by atoms with van der Waals surface area (Å²) >= 11 is 1.75. The molecule has 32 heavy (non-hydrogen) atoms. The second-order valence-corrected chi connectivity index (χ2v) is 8.48. The third-order valence-electron chi connectivity index (χ3n) is 5.26. The number of carbonyl (C=O) groups is 2. The van der Waals surface area contributed by atoms with E-state index in [0.29, 0.717) is 35.8 Å². The van der Waals surface area contributed by atoms with E-state index < -0.39 is 0 Å². The van der Waals surface area contributed by atoms with Crippen molar-refractivity contribution in [1.82, 2.24) is 5.32 Å². The van der Waals surface area contributed by atoms with Gasteiger partial charge in [0.1, 0.15) is 0 Å². The molecule has 0 saturated carbocycles. The van der Waals surface area contributed by atoms with Gasteiger partial charge in [0.2, 0.25) is 6.79 Å². The maximum absolute atomic E-state index is 12.8. The molecule has 0 saturated heterocycles. The van der Waals surface area contributed by atoms with Crippen molar-refractivity contribution >= 4 is 35.1 Å². The molecule has 7 nitrogen and oxygen atoms in total. The van der Waals surface area contributed by atoms with Crippen molar-refractivity contribution in [3.05, 3.63) is 77.9 Å². The molecule has 3 amide bonds. The molecule has 0 bridgehead atoms. The standard InChI is InChI=1S/C24H21N3O4S/c28-23(25-14-16-5-10-20-21(13-16)31-15-30-20)17-6-8-18(9-7-17)26-24(29)27-11-12-32-22-4-2-1-3-19(22)27/h1-10,13H,11-12,14-15H2,(H,25,28)(H,26,29). The summed E-state index contributed by atoms with van der Waals surface area (Å²) in [6, 6.07) is 20.2. The highest BCUT2D eigenvalue weighted by Gasteiger charge is 2.22. The highest BCUT2D eigenvalue weighted by Crippen LogP contribution is 2.35. The summed E-state index contributed by atoms with van der Waals surface area (Å²) in [6.07, 6.45) is 0. The number of thioether (sulfide) groups is 1. The molecule has 0 spiro atoms. The first kappa shape index (κ1) is 20.3. The third-order valence-corrected chi connectivity index (χ3v) is 6.30. The molecule has 0 atom stereocenters.